The molecule has 0 aliphatic rings. The van der Waals surface area contributed by atoms with Crippen molar-refractivity contribution < 1.29 is 14.3 Å². The Kier molecular flexibility index (Phi) is 5.12. The summed E-state index contributed by atoms with van der Waals surface area (Å²) in [5.74, 6) is -1.17. The minimum Gasteiger partial charge on any atom is -0.448 e. The van der Waals surface area contributed by atoms with Crippen LogP contribution in [-0.2, 0) is 16.1 Å². The molecule has 2 N–H and O–H groups in total. The Balaban J connectivity index is 1.65. The number of esters is 1. The lowest BCUT2D eigenvalue weighted by atomic mass is 10.1. The van der Waals surface area contributed by atoms with Crippen molar-refractivity contribution in [2.75, 3.05) is 0 Å². The van der Waals surface area contributed by atoms with Crippen molar-refractivity contribution in [3.63, 3.8) is 0 Å². The van der Waals surface area contributed by atoms with E-state index in [1.165, 1.54) is 13.0 Å². The summed E-state index contributed by atoms with van der Waals surface area (Å²) in [7, 11) is 0. The lowest BCUT2D eigenvalue weighted by Crippen LogP contribution is -2.35. The molecule has 1 atom stereocenters. The third-order valence-electron chi connectivity index (χ3n) is 3.94. The highest BCUT2D eigenvalue weighted by Gasteiger charge is 2.19. The maximum absolute atomic E-state index is 12.3. The molecule has 0 aliphatic carbocycles. The van der Waals surface area contributed by atoms with Gasteiger partial charge in [-0.3, -0.25) is 9.59 Å². The van der Waals surface area contributed by atoms with Crippen LogP contribution in [0.1, 0.15) is 23.0 Å². The number of nitrogens with one attached hydrogen (secondary N) is 2. The fourth-order valence-corrected chi connectivity index (χ4v) is 2.53. The molecule has 0 saturated heterocycles. The van der Waals surface area contributed by atoms with Gasteiger partial charge in [-0.15, -0.1) is 0 Å². The Morgan fingerprint density at radius 2 is 1.77 bits per heavy atom. The molecule has 1 heterocycles. The average molecular weight is 350 g/mol. The number of pyridine rings is 1. The third-order valence-corrected chi connectivity index (χ3v) is 3.94. The van der Waals surface area contributed by atoms with Crippen LogP contribution in [0, 0.1) is 0 Å². The van der Waals surface area contributed by atoms with Gasteiger partial charge in [0.2, 0.25) is 0 Å². The van der Waals surface area contributed by atoms with E-state index in [1.807, 2.05) is 30.3 Å². The van der Waals surface area contributed by atoms with Gasteiger partial charge < -0.3 is 15.0 Å². The number of rotatable bonds is 5. The summed E-state index contributed by atoms with van der Waals surface area (Å²) in [6, 6.07) is 17.9. The molecule has 0 aliphatic heterocycles. The minimum absolute atomic E-state index is 0.0106. The summed E-state index contributed by atoms with van der Waals surface area (Å²) < 4.78 is 5.17. The molecule has 26 heavy (non-hydrogen) atoms. The molecule has 1 amide bonds. The molecule has 3 rings (SSSR count). The smallest absolute Gasteiger partial charge is 0.355 e. The standard InChI is InChI=1S/C20H18N2O4/c1-13(18(23)21-12-14-7-3-2-4-8-14)26-20(25)17-11-15-9-5-6-10-16(15)19(24)22-17/h2-11,13H,12H2,1H3,(H,21,23)(H,22,24). The Morgan fingerprint density at radius 1 is 1.08 bits per heavy atom. The molecule has 2 aromatic carbocycles. The first-order chi connectivity index (χ1) is 12.5. The number of hydrogen-bond donors (Lipinski definition) is 2. The summed E-state index contributed by atoms with van der Waals surface area (Å²) in [4.78, 5) is 38.9. The van der Waals surface area contributed by atoms with E-state index >= 15 is 0 Å². The van der Waals surface area contributed by atoms with E-state index in [2.05, 4.69) is 10.3 Å². The lowest BCUT2D eigenvalue weighted by Gasteiger charge is -2.13. The van der Waals surface area contributed by atoms with Gasteiger partial charge in [0.15, 0.2) is 6.10 Å². The molecule has 0 spiro atoms. The van der Waals surface area contributed by atoms with Crippen molar-refractivity contribution in [3.8, 4) is 0 Å². The monoisotopic (exact) mass is 350 g/mol. The topological polar surface area (TPSA) is 88.3 Å². The highest BCUT2D eigenvalue weighted by molar-refractivity contribution is 5.94. The summed E-state index contributed by atoms with van der Waals surface area (Å²) >= 11 is 0. The second kappa shape index (κ2) is 7.65. The average Bonchev–Trinajstić information content (AvgIpc) is 2.66. The van der Waals surface area contributed by atoms with Gasteiger partial charge in [0.05, 0.1) is 0 Å². The van der Waals surface area contributed by atoms with Gasteiger partial charge in [0.25, 0.3) is 11.5 Å². The van der Waals surface area contributed by atoms with E-state index in [-0.39, 0.29) is 11.3 Å². The van der Waals surface area contributed by atoms with Crippen molar-refractivity contribution in [2.24, 2.45) is 0 Å². The van der Waals surface area contributed by atoms with Crippen molar-refractivity contribution in [1.82, 2.24) is 10.3 Å². The van der Waals surface area contributed by atoms with Gasteiger partial charge in [-0.05, 0) is 30.0 Å². The molecule has 1 aromatic heterocycles. The second-order valence-corrected chi connectivity index (χ2v) is 5.85. The van der Waals surface area contributed by atoms with E-state index in [0.29, 0.717) is 17.3 Å². The van der Waals surface area contributed by atoms with Crippen LogP contribution in [0.3, 0.4) is 0 Å². The van der Waals surface area contributed by atoms with Crippen LogP contribution in [0.5, 0.6) is 0 Å². The molecule has 132 valence electrons. The molecule has 0 fully saturated rings. The summed E-state index contributed by atoms with van der Waals surface area (Å²) in [6.45, 7) is 1.83. The van der Waals surface area contributed by atoms with E-state index in [4.69, 9.17) is 4.74 Å². The van der Waals surface area contributed by atoms with Crippen LogP contribution in [0.2, 0.25) is 0 Å². The number of benzene rings is 2. The molecular formula is C20H18N2O4. The first kappa shape index (κ1) is 17.4. The van der Waals surface area contributed by atoms with Gasteiger partial charge in [-0.1, -0.05) is 48.5 Å². The Morgan fingerprint density at radius 3 is 2.54 bits per heavy atom. The first-order valence-electron chi connectivity index (χ1n) is 8.19. The SMILES string of the molecule is CC(OC(=O)c1cc2ccccc2c(=O)[nH]1)C(=O)NCc1ccccc1. The van der Waals surface area contributed by atoms with E-state index < -0.39 is 18.0 Å². The molecule has 1 unspecified atom stereocenters. The van der Waals surface area contributed by atoms with Crippen LogP contribution in [0.4, 0.5) is 0 Å². The maximum Gasteiger partial charge on any atom is 0.355 e. The largest absolute Gasteiger partial charge is 0.448 e. The Hall–Kier alpha value is -3.41. The molecular weight excluding hydrogens is 332 g/mol. The van der Waals surface area contributed by atoms with Gasteiger partial charge >= 0.3 is 5.97 Å². The number of carbonyl (C=O) groups is 2. The van der Waals surface area contributed by atoms with E-state index in [9.17, 15) is 14.4 Å². The normalized spacial score (nSPS) is 11.7. The zero-order valence-corrected chi connectivity index (χ0v) is 14.2. The van der Waals surface area contributed by atoms with E-state index in [1.54, 1.807) is 24.3 Å². The highest BCUT2D eigenvalue weighted by atomic mass is 16.5. The van der Waals surface area contributed by atoms with Gasteiger partial charge in [0, 0.05) is 11.9 Å². The summed E-state index contributed by atoms with van der Waals surface area (Å²) in [5, 5.41) is 3.82. The van der Waals surface area contributed by atoms with Gasteiger partial charge in [-0.2, -0.15) is 0 Å². The zero-order valence-electron chi connectivity index (χ0n) is 14.2. The summed E-state index contributed by atoms with van der Waals surface area (Å²) in [6.07, 6.45) is -0.985. The third kappa shape index (κ3) is 3.97. The molecule has 0 bridgehead atoms. The lowest BCUT2D eigenvalue weighted by molar-refractivity contribution is -0.129. The number of H-pyrrole nitrogens is 1. The van der Waals surface area contributed by atoms with Crippen LogP contribution < -0.4 is 10.9 Å². The van der Waals surface area contributed by atoms with Crippen molar-refractivity contribution in [1.29, 1.82) is 0 Å². The highest BCUT2D eigenvalue weighted by Crippen LogP contribution is 2.11. The van der Waals surface area contributed by atoms with Crippen molar-refractivity contribution >= 4 is 22.6 Å². The van der Waals surface area contributed by atoms with Crippen LogP contribution in [0.25, 0.3) is 10.8 Å². The quantitative estimate of drug-likeness (QED) is 0.692. The number of carbonyl (C=O) groups excluding carboxylic acids is 2. The number of ether oxygens (including phenoxy) is 1. The number of fused-ring (bicyclic) bond motifs is 1. The number of aromatic nitrogens is 1. The van der Waals surface area contributed by atoms with Crippen LogP contribution in [0.15, 0.2) is 65.5 Å². The van der Waals surface area contributed by atoms with Crippen molar-refractivity contribution in [2.45, 2.75) is 19.6 Å². The minimum atomic E-state index is -0.985. The molecule has 0 radical (unpaired) electrons. The van der Waals surface area contributed by atoms with Gasteiger partial charge in [0.1, 0.15) is 5.69 Å². The number of amides is 1. The second-order valence-electron chi connectivity index (χ2n) is 5.85. The maximum atomic E-state index is 12.3. The fraction of sp³-hybridized carbons (Fsp3) is 0.150. The predicted molar refractivity (Wildman–Crippen MR) is 97.7 cm³/mol. The van der Waals surface area contributed by atoms with E-state index in [0.717, 1.165) is 5.56 Å². The fourth-order valence-electron chi connectivity index (χ4n) is 2.53. The number of aromatic amines is 1. The van der Waals surface area contributed by atoms with Crippen LogP contribution >= 0.6 is 0 Å². The predicted octanol–water partition coefficient (Wildman–Crippen LogP) is 2.39. The van der Waals surface area contributed by atoms with Gasteiger partial charge in [-0.25, -0.2) is 4.79 Å². The molecule has 3 aromatic rings. The van der Waals surface area contributed by atoms with Crippen molar-refractivity contribution in [3.05, 3.63) is 82.3 Å². The Labute approximate surface area is 149 Å². The first-order valence-corrected chi connectivity index (χ1v) is 8.19. The molecule has 0 saturated carbocycles. The summed E-state index contributed by atoms with van der Waals surface area (Å²) in [5.41, 5.74) is 0.575. The molecule has 6 nitrogen and oxygen atoms in total. The zero-order chi connectivity index (χ0) is 18.5. The van der Waals surface area contributed by atoms with Crippen LogP contribution in [-0.4, -0.2) is 23.0 Å². The number of hydrogen-bond acceptors (Lipinski definition) is 4. The molecule has 6 heteroatoms. The Bertz CT molecular complexity index is 995.